The number of rotatable bonds is 8. The second-order valence-corrected chi connectivity index (χ2v) is 5.12. The Bertz CT molecular complexity index is 729. The van der Waals surface area contributed by atoms with Crippen molar-refractivity contribution in [2.45, 2.75) is 6.54 Å². The SMILES string of the molecule is NC(=O)COc1ccc(C(=O)OCC(=O)NCc2ccccc2)cc1. The van der Waals surface area contributed by atoms with Crippen LogP contribution < -0.4 is 15.8 Å². The maximum absolute atomic E-state index is 11.9. The number of amides is 2. The average Bonchev–Trinajstić information content (AvgIpc) is 2.64. The normalized spacial score (nSPS) is 9.92. The van der Waals surface area contributed by atoms with Gasteiger partial charge in [0.15, 0.2) is 13.2 Å². The highest BCUT2D eigenvalue weighted by atomic mass is 16.5. The predicted molar refractivity (Wildman–Crippen MR) is 89.7 cm³/mol. The van der Waals surface area contributed by atoms with E-state index in [1.54, 1.807) is 0 Å². The lowest BCUT2D eigenvalue weighted by Gasteiger charge is -2.07. The highest BCUT2D eigenvalue weighted by molar-refractivity contribution is 5.91. The molecule has 0 aliphatic carbocycles. The molecule has 130 valence electrons. The molecule has 7 nitrogen and oxygen atoms in total. The lowest BCUT2D eigenvalue weighted by Crippen LogP contribution is -2.28. The number of primary amides is 1. The van der Waals surface area contributed by atoms with Crippen LogP contribution >= 0.6 is 0 Å². The van der Waals surface area contributed by atoms with Crippen LogP contribution in [0.2, 0.25) is 0 Å². The molecule has 2 aromatic carbocycles. The third-order valence-corrected chi connectivity index (χ3v) is 3.14. The first-order valence-corrected chi connectivity index (χ1v) is 7.53. The zero-order valence-electron chi connectivity index (χ0n) is 13.4. The van der Waals surface area contributed by atoms with Gasteiger partial charge in [0.05, 0.1) is 5.56 Å². The van der Waals surface area contributed by atoms with Crippen molar-refractivity contribution in [2.24, 2.45) is 5.73 Å². The van der Waals surface area contributed by atoms with E-state index in [1.807, 2.05) is 30.3 Å². The lowest BCUT2D eigenvalue weighted by atomic mass is 10.2. The Morgan fingerprint density at radius 3 is 2.24 bits per heavy atom. The Kier molecular flexibility index (Phi) is 6.53. The maximum Gasteiger partial charge on any atom is 0.338 e. The molecule has 2 rings (SSSR count). The summed E-state index contributed by atoms with van der Waals surface area (Å²) < 4.78 is 10.0. The van der Waals surface area contributed by atoms with Crippen LogP contribution in [0.5, 0.6) is 5.75 Å². The van der Waals surface area contributed by atoms with Gasteiger partial charge in [0.1, 0.15) is 5.75 Å². The molecule has 0 radical (unpaired) electrons. The number of hydrogen-bond acceptors (Lipinski definition) is 5. The molecule has 2 aromatic rings. The fraction of sp³-hybridized carbons (Fsp3) is 0.167. The first-order chi connectivity index (χ1) is 12.0. The summed E-state index contributed by atoms with van der Waals surface area (Å²) in [5, 5.41) is 2.66. The van der Waals surface area contributed by atoms with Crippen molar-refractivity contribution in [3.63, 3.8) is 0 Å². The molecule has 0 heterocycles. The molecular formula is C18H18N2O5. The zero-order valence-corrected chi connectivity index (χ0v) is 13.4. The van der Waals surface area contributed by atoms with Crippen LogP contribution in [0.1, 0.15) is 15.9 Å². The third-order valence-electron chi connectivity index (χ3n) is 3.14. The number of benzene rings is 2. The van der Waals surface area contributed by atoms with E-state index in [0.717, 1.165) is 5.56 Å². The Morgan fingerprint density at radius 2 is 1.60 bits per heavy atom. The third kappa shape index (κ3) is 6.34. The molecule has 0 fully saturated rings. The summed E-state index contributed by atoms with van der Waals surface area (Å²) in [5.41, 5.74) is 6.19. The quantitative estimate of drug-likeness (QED) is 0.697. The number of carbonyl (C=O) groups excluding carboxylic acids is 3. The molecule has 7 heteroatoms. The van der Waals surface area contributed by atoms with Crippen molar-refractivity contribution in [2.75, 3.05) is 13.2 Å². The van der Waals surface area contributed by atoms with Crippen LogP contribution in [0, 0.1) is 0 Å². The molecule has 0 saturated carbocycles. The van der Waals surface area contributed by atoms with Gasteiger partial charge in [0.25, 0.3) is 11.8 Å². The molecule has 0 bridgehead atoms. The predicted octanol–water partition coefficient (Wildman–Crippen LogP) is 1.02. The summed E-state index contributed by atoms with van der Waals surface area (Å²) in [7, 11) is 0. The number of ether oxygens (including phenoxy) is 2. The Morgan fingerprint density at radius 1 is 0.920 bits per heavy atom. The maximum atomic E-state index is 11.9. The lowest BCUT2D eigenvalue weighted by molar-refractivity contribution is -0.124. The fourth-order valence-corrected chi connectivity index (χ4v) is 1.90. The van der Waals surface area contributed by atoms with Crippen molar-refractivity contribution in [3.8, 4) is 5.75 Å². The second kappa shape index (κ2) is 9.07. The molecule has 25 heavy (non-hydrogen) atoms. The smallest absolute Gasteiger partial charge is 0.338 e. The van der Waals surface area contributed by atoms with Gasteiger partial charge in [-0.2, -0.15) is 0 Å². The van der Waals surface area contributed by atoms with Gasteiger partial charge in [-0.3, -0.25) is 9.59 Å². The van der Waals surface area contributed by atoms with E-state index >= 15 is 0 Å². The minimum Gasteiger partial charge on any atom is -0.484 e. The van der Waals surface area contributed by atoms with Gasteiger partial charge in [-0.05, 0) is 29.8 Å². The molecule has 0 aromatic heterocycles. The molecule has 0 aliphatic heterocycles. The standard InChI is InChI=1S/C18H18N2O5/c19-16(21)11-24-15-8-6-14(7-9-15)18(23)25-12-17(22)20-10-13-4-2-1-3-5-13/h1-9H,10-12H2,(H2,19,21)(H,20,22). The minimum absolute atomic E-state index is 0.245. The summed E-state index contributed by atoms with van der Waals surface area (Å²) in [6, 6.07) is 15.4. The van der Waals surface area contributed by atoms with Crippen molar-refractivity contribution < 1.29 is 23.9 Å². The zero-order chi connectivity index (χ0) is 18.1. The molecule has 3 N–H and O–H groups in total. The highest BCUT2D eigenvalue weighted by Gasteiger charge is 2.10. The van der Waals surface area contributed by atoms with E-state index in [0.29, 0.717) is 12.3 Å². The van der Waals surface area contributed by atoms with Gasteiger partial charge in [-0.1, -0.05) is 30.3 Å². The van der Waals surface area contributed by atoms with Gasteiger partial charge in [0.2, 0.25) is 0 Å². The highest BCUT2D eigenvalue weighted by Crippen LogP contribution is 2.12. The first-order valence-electron chi connectivity index (χ1n) is 7.53. The Balaban J connectivity index is 1.75. The minimum atomic E-state index is -0.628. The van der Waals surface area contributed by atoms with Gasteiger partial charge in [-0.25, -0.2) is 4.79 Å². The van der Waals surface area contributed by atoms with Crippen molar-refractivity contribution in [3.05, 3.63) is 65.7 Å². The Labute approximate surface area is 144 Å². The number of nitrogens with two attached hydrogens (primary N) is 1. The summed E-state index contributed by atoms with van der Waals surface area (Å²) in [6.07, 6.45) is 0. The Hall–Kier alpha value is -3.35. The van der Waals surface area contributed by atoms with E-state index in [2.05, 4.69) is 5.32 Å². The number of esters is 1. The van der Waals surface area contributed by atoms with Crippen LogP contribution in [0.15, 0.2) is 54.6 Å². The van der Waals surface area contributed by atoms with Crippen LogP contribution in [0.3, 0.4) is 0 Å². The van der Waals surface area contributed by atoms with Gasteiger partial charge >= 0.3 is 5.97 Å². The summed E-state index contributed by atoms with van der Waals surface area (Å²) >= 11 is 0. The summed E-state index contributed by atoms with van der Waals surface area (Å²) in [4.78, 5) is 34.2. The largest absolute Gasteiger partial charge is 0.484 e. The van der Waals surface area contributed by atoms with Crippen LogP contribution in [-0.4, -0.2) is 31.0 Å². The molecular weight excluding hydrogens is 324 g/mol. The van der Waals surface area contributed by atoms with Crippen LogP contribution in [0.25, 0.3) is 0 Å². The van der Waals surface area contributed by atoms with Gasteiger partial charge in [-0.15, -0.1) is 0 Å². The van der Waals surface area contributed by atoms with Crippen molar-refractivity contribution in [1.29, 1.82) is 0 Å². The topological polar surface area (TPSA) is 108 Å². The molecule has 0 saturated heterocycles. The van der Waals surface area contributed by atoms with E-state index < -0.39 is 17.8 Å². The molecule has 0 spiro atoms. The monoisotopic (exact) mass is 342 g/mol. The second-order valence-electron chi connectivity index (χ2n) is 5.12. The number of nitrogens with one attached hydrogen (secondary N) is 1. The van der Waals surface area contributed by atoms with E-state index in [9.17, 15) is 14.4 Å². The molecule has 0 atom stereocenters. The molecule has 0 unspecified atom stereocenters. The van der Waals surface area contributed by atoms with Gasteiger partial charge in [0, 0.05) is 6.54 Å². The van der Waals surface area contributed by atoms with E-state index in [4.69, 9.17) is 15.2 Å². The van der Waals surface area contributed by atoms with Crippen LogP contribution in [0.4, 0.5) is 0 Å². The summed E-state index contributed by atoms with van der Waals surface area (Å²) in [5.74, 6) is -1.21. The number of carbonyl (C=O) groups is 3. The first kappa shape index (κ1) is 18.0. The summed E-state index contributed by atoms with van der Waals surface area (Å²) in [6.45, 7) is -0.250. The van der Waals surface area contributed by atoms with Crippen molar-refractivity contribution in [1.82, 2.24) is 5.32 Å². The fourth-order valence-electron chi connectivity index (χ4n) is 1.90. The average molecular weight is 342 g/mol. The van der Waals surface area contributed by atoms with E-state index in [1.165, 1.54) is 24.3 Å². The van der Waals surface area contributed by atoms with E-state index in [-0.39, 0.29) is 18.8 Å². The van der Waals surface area contributed by atoms with Gasteiger partial charge < -0.3 is 20.5 Å². The van der Waals surface area contributed by atoms with Crippen LogP contribution in [-0.2, 0) is 20.9 Å². The van der Waals surface area contributed by atoms with Crippen molar-refractivity contribution >= 4 is 17.8 Å². The molecule has 0 aliphatic rings. The number of hydrogen-bond donors (Lipinski definition) is 2. The molecule has 2 amide bonds.